The summed E-state index contributed by atoms with van der Waals surface area (Å²) < 4.78 is 42.3. The molecule has 2 rings (SSSR count). The maximum atomic E-state index is 12.5. The van der Waals surface area contributed by atoms with Gasteiger partial charge in [-0.2, -0.15) is 13.2 Å². The predicted octanol–water partition coefficient (Wildman–Crippen LogP) is 2.02. The Morgan fingerprint density at radius 3 is 2.63 bits per heavy atom. The molecule has 1 heterocycles. The molecule has 19 heavy (non-hydrogen) atoms. The summed E-state index contributed by atoms with van der Waals surface area (Å²) >= 11 is 0. The molecular formula is C13H14F3NO2. The van der Waals surface area contributed by atoms with E-state index in [1.807, 2.05) is 6.07 Å². The highest BCUT2D eigenvalue weighted by molar-refractivity contribution is 5.78. The zero-order valence-corrected chi connectivity index (χ0v) is 10.2. The molecule has 0 bridgehead atoms. The third-order valence-electron chi connectivity index (χ3n) is 2.98. The predicted molar refractivity (Wildman–Crippen MR) is 62.5 cm³/mol. The lowest BCUT2D eigenvalue weighted by atomic mass is 10.1. The van der Waals surface area contributed by atoms with E-state index in [-0.39, 0.29) is 25.5 Å². The van der Waals surface area contributed by atoms with E-state index >= 15 is 0 Å². The van der Waals surface area contributed by atoms with Gasteiger partial charge in [0, 0.05) is 6.54 Å². The fraction of sp³-hybridized carbons (Fsp3) is 0.462. The van der Waals surface area contributed by atoms with Crippen LogP contribution in [0.1, 0.15) is 5.56 Å². The molecule has 1 saturated heterocycles. The van der Waals surface area contributed by atoms with Crippen LogP contribution in [0, 0.1) is 0 Å². The molecular weight excluding hydrogens is 259 g/mol. The third-order valence-corrected chi connectivity index (χ3v) is 2.98. The molecule has 1 amide bonds. The van der Waals surface area contributed by atoms with Gasteiger partial charge in [0.25, 0.3) is 0 Å². The number of ether oxygens (including phenoxy) is 1. The Kier molecular flexibility index (Phi) is 4.09. The quantitative estimate of drug-likeness (QED) is 0.825. The molecule has 1 aliphatic rings. The zero-order valence-electron chi connectivity index (χ0n) is 10.2. The van der Waals surface area contributed by atoms with E-state index in [9.17, 15) is 18.0 Å². The summed E-state index contributed by atoms with van der Waals surface area (Å²) in [6, 6.07) is 8.96. The van der Waals surface area contributed by atoms with Crippen LogP contribution in [0.15, 0.2) is 30.3 Å². The molecule has 104 valence electrons. The maximum absolute atomic E-state index is 12.5. The lowest BCUT2D eigenvalue weighted by Crippen LogP contribution is -2.51. The van der Waals surface area contributed by atoms with Crippen molar-refractivity contribution >= 4 is 5.91 Å². The van der Waals surface area contributed by atoms with Gasteiger partial charge in [0.15, 0.2) is 6.10 Å². The second-order valence-electron chi connectivity index (χ2n) is 4.40. The van der Waals surface area contributed by atoms with Crippen molar-refractivity contribution in [1.29, 1.82) is 0 Å². The van der Waals surface area contributed by atoms with E-state index in [1.54, 1.807) is 24.3 Å². The fourth-order valence-corrected chi connectivity index (χ4v) is 1.96. The van der Waals surface area contributed by atoms with Gasteiger partial charge in [-0.25, -0.2) is 0 Å². The first kappa shape index (κ1) is 13.9. The van der Waals surface area contributed by atoms with Crippen LogP contribution in [0.25, 0.3) is 0 Å². The first-order valence-electron chi connectivity index (χ1n) is 5.97. The number of morpholine rings is 1. The standard InChI is InChI=1S/C13H14F3NO2/c14-13(15,16)11-9-17(6-7-19-11)12(18)8-10-4-2-1-3-5-10/h1-5,11H,6-9H2. The first-order valence-corrected chi connectivity index (χ1v) is 5.97. The molecule has 0 aliphatic carbocycles. The molecule has 1 aromatic carbocycles. The highest BCUT2D eigenvalue weighted by atomic mass is 19.4. The summed E-state index contributed by atoms with van der Waals surface area (Å²) in [4.78, 5) is 13.2. The van der Waals surface area contributed by atoms with E-state index in [2.05, 4.69) is 4.74 Å². The lowest BCUT2D eigenvalue weighted by molar-refractivity contribution is -0.236. The third kappa shape index (κ3) is 3.70. The van der Waals surface area contributed by atoms with Gasteiger partial charge in [0.05, 0.1) is 19.6 Å². The topological polar surface area (TPSA) is 29.5 Å². The van der Waals surface area contributed by atoms with Crippen molar-refractivity contribution in [3.63, 3.8) is 0 Å². The van der Waals surface area contributed by atoms with Gasteiger partial charge >= 0.3 is 6.18 Å². The highest BCUT2D eigenvalue weighted by Gasteiger charge is 2.44. The summed E-state index contributed by atoms with van der Waals surface area (Å²) in [6.07, 6.45) is -6.18. The van der Waals surface area contributed by atoms with E-state index in [4.69, 9.17) is 0 Å². The van der Waals surface area contributed by atoms with Gasteiger partial charge in [-0.15, -0.1) is 0 Å². The van der Waals surface area contributed by atoms with E-state index in [0.29, 0.717) is 0 Å². The Balaban J connectivity index is 1.96. The molecule has 0 aromatic heterocycles. The van der Waals surface area contributed by atoms with E-state index in [0.717, 1.165) is 5.56 Å². The summed E-state index contributed by atoms with van der Waals surface area (Å²) in [5, 5.41) is 0. The van der Waals surface area contributed by atoms with Crippen molar-refractivity contribution in [3.05, 3.63) is 35.9 Å². The molecule has 1 unspecified atom stereocenters. The Morgan fingerprint density at radius 2 is 2.00 bits per heavy atom. The highest BCUT2D eigenvalue weighted by Crippen LogP contribution is 2.25. The summed E-state index contributed by atoms with van der Waals surface area (Å²) in [6.45, 7) is -0.294. The number of rotatable bonds is 2. The van der Waals surface area contributed by atoms with Gasteiger partial charge in [-0.1, -0.05) is 30.3 Å². The molecule has 0 N–H and O–H groups in total. The number of amides is 1. The zero-order chi connectivity index (χ0) is 13.9. The van der Waals surface area contributed by atoms with Gasteiger partial charge in [0.1, 0.15) is 0 Å². The lowest BCUT2D eigenvalue weighted by Gasteiger charge is -2.33. The molecule has 0 radical (unpaired) electrons. The van der Waals surface area contributed by atoms with Crippen LogP contribution >= 0.6 is 0 Å². The van der Waals surface area contributed by atoms with Crippen LogP contribution in [-0.2, 0) is 16.0 Å². The summed E-state index contributed by atoms with van der Waals surface area (Å²) in [5.41, 5.74) is 0.794. The molecule has 1 fully saturated rings. The van der Waals surface area contributed by atoms with E-state index < -0.39 is 18.8 Å². The number of nitrogens with zero attached hydrogens (tertiary/aromatic N) is 1. The Morgan fingerprint density at radius 1 is 1.32 bits per heavy atom. The van der Waals surface area contributed by atoms with Gasteiger partial charge in [-0.05, 0) is 5.56 Å². The number of hydrogen-bond donors (Lipinski definition) is 0. The first-order chi connectivity index (χ1) is 8.97. The van der Waals surface area contributed by atoms with Crippen molar-refractivity contribution in [3.8, 4) is 0 Å². The summed E-state index contributed by atoms with van der Waals surface area (Å²) in [7, 11) is 0. The molecule has 0 spiro atoms. The SMILES string of the molecule is O=C(Cc1ccccc1)N1CCOC(C(F)(F)F)C1. The number of benzene rings is 1. The largest absolute Gasteiger partial charge is 0.416 e. The molecule has 1 aliphatic heterocycles. The van der Waals surface area contributed by atoms with Crippen molar-refractivity contribution in [1.82, 2.24) is 4.90 Å². The van der Waals surface area contributed by atoms with Crippen LogP contribution in [0.3, 0.4) is 0 Å². The second kappa shape index (κ2) is 5.61. The minimum Gasteiger partial charge on any atom is -0.365 e. The molecule has 3 nitrogen and oxygen atoms in total. The molecule has 1 atom stereocenters. The van der Waals surface area contributed by atoms with Gasteiger partial charge < -0.3 is 9.64 Å². The van der Waals surface area contributed by atoms with Gasteiger partial charge in [0.2, 0.25) is 5.91 Å². The maximum Gasteiger partial charge on any atom is 0.416 e. The van der Waals surface area contributed by atoms with Crippen LogP contribution in [0.4, 0.5) is 13.2 Å². The van der Waals surface area contributed by atoms with Gasteiger partial charge in [-0.3, -0.25) is 4.79 Å². The van der Waals surface area contributed by atoms with Crippen LogP contribution < -0.4 is 0 Å². The minimum atomic E-state index is -4.42. The van der Waals surface area contributed by atoms with Crippen LogP contribution in [0.2, 0.25) is 0 Å². The Bertz CT molecular complexity index is 433. The Hall–Kier alpha value is -1.56. The van der Waals surface area contributed by atoms with E-state index in [1.165, 1.54) is 4.90 Å². The number of alkyl halides is 3. The molecule has 1 aromatic rings. The van der Waals surface area contributed by atoms with Crippen molar-refractivity contribution in [2.24, 2.45) is 0 Å². The number of halogens is 3. The number of carbonyl (C=O) groups is 1. The van der Waals surface area contributed by atoms with Crippen molar-refractivity contribution in [2.45, 2.75) is 18.7 Å². The monoisotopic (exact) mass is 273 g/mol. The molecule has 0 saturated carbocycles. The van der Waals surface area contributed by atoms with Crippen molar-refractivity contribution < 1.29 is 22.7 Å². The van der Waals surface area contributed by atoms with Crippen LogP contribution in [-0.4, -0.2) is 42.8 Å². The summed E-state index contributed by atoms with van der Waals surface area (Å²) in [5.74, 6) is -0.302. The van der Waals surface area contributed by atoms with Crippen LogP contribution in [0.5, 0.6) is 0 Å². The average molecular weight is 273 g/mol. The molecule has 6 heteroatoms. The average Bonchev–Trinajstić information content (AvgIpc) is 2.39. The second-order valence-corrected chi connectivity index (χ2v) is 4.40. The van der Waals surface area contributed by atoms with Crippen molar-refractivity contribution in [2.75, 3.05) is 19.7 Å². The smallest absolute Gasteiger partial charge is 0.365 e. The normalized spacial score (nSPS) is 20.4. The Labute approximate surface area is 109 Å². The minimum absolute atomic E-state index is 0.0787. The fourth-order valence-electron chi connectivity index (χ4n) is 1.96. The number of hydrogen-bond acceptors (Lipinski definition) is 2. The number of carbonyl (C=O) groups excluding carboxylic acids is 1.